The Morgan fingerprint density at radius 1 is 1.03 bits per heavy atom. The third-order valence-electron chi connectivity index (χ3n) is 5.83. The van der Waals surface area contributed by atoms with Gasteiger partial charge in [0.25, 0.3) is 5.91 Å². The number of benzene rings is 2. The first kappa shape index (κ1) is 22.8. The summed E-state index contributed by atoms with van der Waals surface area (Å²) in [5, 5.41) is 11.1. The van der Waals surface area contributed by atoms with Crippen LogP contribution in [0.5, 0.6) is 0 Å². The number of halogens is 1. The van der Waals surface area contributed by atoms with E-state index in [-0.39, 0.29) is 23.6 Å². The van der Waals surface area contributed by atoms with Crippen LogP contribution in [0.2, 0.25) is 5.02 Å². The van der Waals surface area contributed by atoms with Crippen LogP contribution in [0.4, 0.5) is 0 Å². The lowest BCUT2D eigenvalue weighted by Gasteiger charge is -2.35. The molecule has 31 heavy (non-hydrogen) atoms. The third kappa shape index (κ3) is 5.64. The van der Waals surface area contributed by atoms with Crippen molar-refractivity contribution in [3.63, 3.8) is 0 Å². The van der Waals surface area contributed by atoms with E-state index in [0.717, 1.165) is 17.9 Å². The molecule has 0 radical (unpaired) electrons. The smallest absolute Gasteiger partial charge is 0.251 e. The first-order valence-corrected chi connectivity index (χ1v) is 10.9. The first-order valence-electron chi connectivity index (χ1n) is 10.6. The normalized spacial score (nSPS) is 15.5. The van der Waals surface area contributed by atoms with Gasteiger partial charge in [0.15, 0.2) is 0 Å². The average molecular weight is 441 g/mol. The fourth-order valence-corrected chi connectivity index (χ4v) is 4.03. The van der Waals surface area contributed by atoms with Crippen LogP contribution in [0.1, 0.15) is 54.1 Å². The molecule has 2 aromatic carbocycles. The SMILES string of the molecule is CC(C)C(NC(=O)c1ccc(C(=N)N)cc1)C(=O)N1CCC(c2ccc(Cl)cc2)CC1. The average Bonchev–Trinajstić information content (AvgIpc) is 2.77. The summed E-state index contributed by atoms with van der Waals surface area (Å²) in [4.78, 5) is 27.8. The van der Waals surface area contributed by atoms with E-state index in [2.05, 4.69) is 17.4 Å². The van der Waals surface area contributed by atoms with E-state index in [9.17, 15) is 9.59 Å². The van der Waals surface area contributed by atoms with Gasteiger partial charge in [-0.05, 0) is 54.5 Å². The minimum atomic E-state index is -0.591. The van der Waals surface area contributed by atoms with Crippen molar-refractivity contribution in [1.29, 1.82) is 5.41 Å². The summed E-state index contributed by atoms with van der Waals surface area (Å²) in [6.45, 7) is 5.20. The predicted octanol–water partition coefficient (Wildman–Crippen LogP) is 3.78. The lowest BCUT2D eigenvalue weighted by Crippen LogP contribution is -2.52. The Morgan fingerprint density at radius 2 is 1.58 bits per heavy atom. The third-order valence-corrected chi connectivity index (χ3v) is 6.08. The number of hydrogen-bond acceptors (Lipinski definition) is 3. The van der Waals surface area contributed by atoms with Crippen LogP contribution < -0.4 is 11.1 Å². The van der Waals surface area contributed by atoms with Crippen molar-refractivity contribution in [3.05, 3.63) is 70.2 Å². The molecule has 1 fully saturated rings. The van der Waals surface area contributed by atoms with Gasteiger partial charge in [-0.3, -0.25) is 15.0 Å². The number of nitrogens with zero attached hydrogens (tertiary/aromatic N) is 1. The molecule has 4 N–H and O–H groups in total. The summed E-state index contributed by atoms with van der Waals surface area (Å²) in [6.07, 6.45) is 1.78. The molecular weight excluding hydrogens is 412 g/mol. The highest BCUT2D eigenvalue weighted by Gasteiger charge is 2.31. The number of piperidine rings is 1. The Kier molecular flexibility index (Phi) is 7.33. The molecular formula is C24H29ClN4O2. The molecule has 1 heterocycles. The highest BCUT2D eigenvalue weighted by molar-refractivity contribution is 6.30. The molecule has 6 nitrogen and oxygen atoms in total. The number of nitrogens with one attached hydrogen (secondary N) is 2. The van der Waals surface area contributed by atoms with Crippen LogP contribution in [-0.2, 0) is 4.79 Å². The molecule has 2 aromatic rings. The van der Waals surface area contributed by atoms with Crippen molar-refractivity contribution >= 4 is 29.3 Å². The molecule has 0 spiro atoms. The molecule has 7 heteroatoms. The number of amides is 2. The van der Waals surface area contributed by atoms with Crippen molar-refractivity contribution in [2.24, 2.45) is 11.7 Å². The van der Waals surface area contributed by atoms with Gasteiger partial charge in [-0.2, -0.15) is 0 Å². The van der Waals surface area contributed by atoms with Crippen LogP contribution in [0.25, 0.3) is 0 Å². The Bertz CT molecular complexity index is 933. The first-order chi connectivity index (χ1) is 14.8. The minimum Gasteiger partial charge on any atom is -0.384 e. The maximum Gasteiger partial charge on any atom is 0.251 e. The molecule has 1 atom stereocenters. The number of carbonyl (C=O) groups excluding carboxylic acids is 2. The molecule has 1 unspecified atom stereocenters. The van der Waals surface area contributed by atoms with Gasteiger partial charge in [-0.15, -0.1) is 0 Å². The van der Waals surface area contributed by atoms with E-state index in [4.69, 9.17) is 22.7 Å². The fourth-order valence-electron chi connectivity index (χ4n) is 3.90. The van der Waals surface area contributed by atoms with Gasteiger partial charge in [-0.25, -0.2) is 0 Å². The van der Waals surface area contributed by atoms with Crippen molar-refractivity contribution < 1.29 is 9.59 Å². The van der Waals surface area contributed by atoms with E-state index in [1.54, 1.807) is 24.3 Å². The molecule has 0 saturated carbocycles. The van der Waals surface area contributed by atoms with Gasteiger partial charge in [-0.1, -0.05) is 49.7 Å². The number of nitrogens with two attached hydrogens (primary N) is 1. The van der Waals surface area contributed by atoms with Crippen LogP contribution in [0.3, 0.4) is 0 Å². The lowest BCUT2D eigenvalue weighted by molar-refractivity contribution is -0.135. The van der Waals surface area contributed by atoms with Crippen molar-refractivity contribution in [2.45, 2.75) is 38.6 Å². The van der Waals surface area contributed by atoms with Gasteiger partial charge in [0.05, 0.1) is 0 Å². The molecule has 2 amide bonds. The summed E-state index contributed by atoms with van der Waals surface area (Å²) >= 11 is 5.98. The van der Waals surface area contributed by atoms with Crippen LogP contribution >= 0.6 is 11.6 Å². The van der Waals surface area contributed by atoms with Crippen LogP contribution in [0.15, 0.2) is 48.5 Å². The van der Waals surface area contributed by atoms with Gasteiger partial charge >= 0.3 is 0 Å². The topological polar surface area (TPSA) is 99.3 Å². The van der Waals surface area contributed by atoms with E-state index in [0.29, 0.717) is 30.1 Å². The number of rotatable bonds is 6. The van der Waals surface area contributed by atoms with Gasteiger partial charge in [0, 0.05) is 29.2 Å². The Labute approximate surface area is 188 Å². The largest absolute Gasteiger partial charge is 0.384 e. The second kappa shape index (κ2) is 9.96. The maximum absolute atomic E-state index is 13.2. The van der Waals surface area contributed by atoms with Crippen molar-refractivity contribution in [2.75, 3.05) is 13.1 Å². The molecule has 3 rings (SSSR count). The van der Waals surface area contributed by atoms with Gasteiger partial charge in [0.2, 0.25) is 5.91 Å². The van der Waals surface area contributed by atoms with E-state index in [1.807, 2.05) is 30.9 Å². The van der Waals surface area contributed by atoms with Crippen molar-refractivity contribution in [1.82, 2.24) is 10.2 Å². The molecule has 0 aliphatic carbocycles. The zero-order valence-corrected chi connectivity index (χ0v) is 18.7. The summed E-state index contributed by atoms with van der Waals surface area (Å²) in [7, 11) is 0. The summed E-state index contributed by atoms with van der Waals surface area (Å²) < 4.78 is 0. The zero-order valence-electron chi connectivity index (χ0n) is 17.9. The number of hydrogen-bond donors (Lipinski definition) is 3. The number of amidine groups is 1. The summed E-state index contributed by atoms with van der Waals surface area (Å²) in [5.74, 6) is -0.0317. The highest BCUT2D eigenvalue weighted by atomic mass is 35.5. The molecule has 164 valence electrons. The lowest BCUT2D eigenvalue weighted by atomic mass is 9.89. The maximum atomic E-state index is 13.2. The Morgan fingerprint density at radius 3 is 2.10 bits per heavy atom. The van der Waals surface area contributed by atoms with Gasteiger partial charge in [0.1, 0.15) is 11.9 Å². The molecule has 1 aliphatic rings. The zero-order chi connectivity index (χ0) is 22.5. The summed E-state index contributed by atoms with van der Waals surface area (Å²) in [5.41, 5.74) is 7.70. The highest BCUT2D eigenvalue weighted by Crippen LogP contribution is 2.29. The molecule has 0 aromatic heterocycles. The number of nitrogen functional groups attached to an aromatic ring is 1. The number of likely N-dealkylation sites (tertiary alicyclic amines) is 1. The van der Waals surface area contributed by atoms with Gasteiger partial charge < -0.3 is 16.0 Å². The fraction of sp³-hybridized carbons (Fsp3) is 0.375. The second-order valence-electron chi connectivity index (χ2n) is 8.34. The Hall–Kier alpha value is -2.86. The molecule has 0 bridgehead atoms. The van der Waals surface area contributed by atoms with E-state index >= 15 is 0 Å². The minimum absolute atomic E-state index is 0.0399. The van der Waals surface area contributed by atoms with Crippen LogP contribution in [0, 0.1) is 11.3 Å². The van der Waals surface area contributed by atoms with Crippen LogP contribution in [-0.4, -0.2) is 41.7 Å². The summed E-state index contributed by atoms with van der Waals surface area (Å²) in [6, 6.07) is 13.8. The Balaban J connectivity index is 1.62. The molecule has 1 saturated heterocycles. The van der Waals surface area contributed by atoms with E-state index in [1.165, 1.54) is 5.56 Å². The molecule has 1 aliphatic heterocycles. The number of carbonyl (C=O) groups is 2. The quantitative estimate of drug-likeness (QED) is 0.470. The predicted molar refractivity (Wildman–Crippen MR) is 124 cm³/mol. The van der Waals surface area contributed by atoms with E-state index < -0.39 is 6.04 Å². The second-order valence-corrected chi connectivity index (χ2v) is 8.77. The monoisotopic (exact) mass is 440 g/mol. The van der Waals surface area contributed by atoms with Crippen molar-refractivity contribution in [3.8, 4) is 0 Å². The standard InChI is InChI=1S/C24H29ClN4O2/c1-15(2)21(28-23(30)19-5-3-18(4-6-19)22(26)27)24(31)29-13-11-17(12-14-29)16-7-9-20(25)10-8-16/h3-10,15,17,21H,11-14H2,1-2H3,(H3,26,27)(H,28,30).